The average Bonchev–Trinajstić information content (AvgIpc) is 3.19. The highest BCUT2D eigenvalue weighted by Crippen LogP contribution is 2.20. The van der Waals surface area contributed by atoms with Crippen LogP contribution in [-0.4, -0.2) is 54.1 Å². The minimum Gasteiger partial charge on any atom is -0.377 e. The summed E-state index contributed by atoms with van der Waals surface area (Å²) in [6.07, 6.45) is 3.06. The number of carbonyl (C=O) groups is 2. The molecule has 0 spiro atoms. The molecule has 0 radical (unpaired) electrons. The number of carbonyl (C=O) groups excluding carboxylic acids is 2. The number of amides is 2. The molecule has 1 unspecified atom stereocenters. The number of nitrogens with one attached hydrogen (secondary N) is 1. The van der Waals surface area contributed by atoms with E-state index in [9.17, 15) is 9.59 Å². The van der Waals surface area contributed by atoms with E-state index in [1.165, 1.54) is 0 Å². The predicted molar refractivity (Wildman–Crippen MR) is 75.0 cm³/mol. The van der Waals surface area contributed by atoms with Crippen molar-refractivity contribution in [3.8, 4) is 0 Å². The van der Waals surface area contributed by atoms with Crippen LogP contribution < -0.4 is 11.1 Å². The van der Waals surface area contributed by atoms with Crippen LogP contribution in [0.2, 0.25) is 0 Å². The highest BCUT2D eigenvalue weighted by Gasteiger charge is 2.35. The highest BCUT2D eigenvalue weighted by molar-refractivity contribution is 5.88. The fourth-order valence-corrected chi connectivity index (χ4v) is 2.22. The fraction of sp³-hybridized carbons (Fsp3) is 0.857. The summed E-state index contributed by atoms with van der Waals surface area (Å²) in [6, 6.07) is -0.193. The first-order chi connectivity index (χ1) is 9.37. The van der Waals surface area contributed by atoms with Crippen LogP contribution in [0.15, 0.2) is 0 Å². The summed E-state index contributed by atoms with van der Waals surface area (Å²) < 4.78 is 5.35. The molecule has 1 saturated heterocycles. The number of nitrogens with two attached hydrogens (primary N) is 1. The monoisotopic (exact) mass is 283 g/mol. The maximum absolute atomic E-state index is 12.3. The van der Waals surface area contributed by atoms with Crippen LogP contribution >= 0.6 is 0 Å². The van der Waals surface area contributed by atoms with Crippen LogP contribution in [0, 0.1) is 0 Å². The van der Waals surface area contributed by atoms with E-state index in [2.05, 4.69) is 5.32 Å². The first-order valence-corrected chi connectivity index (χ1v) is 7.33. The quantitative estimate of drug-likeness (QED) is 0.744. The van der Waals surface area contributed by atoms with Crippen LogP contribution in [-0.2, 0) is 14.3 Å². The third-order valence-electron chi connectivity index (χ3n) is 3.66. The molecule has 2 fully saturated rings. The molecule has 1 heterocycles. The Balaban J connectivity index is 1.91. The molecule has 20 heavy (non-hydrogen) atoms. The maximum atomic E-state index is 12.3. The van der Waals surface area contributed by atoms with Gasteiger partial charge in [-0.1, -0.05) is 0 Å². The Bertz CT molecular complexity index is 374. The Kier molecular flexibility index (Phi) is 4.65. The topological polar surface area (TPSA) is 84.7 Å². The molecule has 0 aromatic rings. The van der Waals surface area contributed by atoms with Crippen molar-refractivity contribution < 1.29 is 14.3 Å². The molecule has 2 amide bonds. The Labute approximate surface area is 120 Å². The molecule has 0 aromatic heterocycles. The minimum atomic E-state index is -0.488. The normalized spacial score (nSPS) is 23.6. The summed E-state index contributed by atoms with van der Waals surface area (Å²) >= 11 is 0. The van der Waals surface area contributed by atoms with E-state index in [1.807, 2.05) is 13.8 Å². The SMILES string of the molecule is CC(C)(N)CCC(=O)N1CCOCC1C(=O)NC1CC1. The van der Waals surface area contributed by atoms with E-state index >= 15 is 0 Å². The van der Waals surface area contributed by atoms with Crippen LogP contribution in [0.3, 0.4) is 0 Å². The number of hydrogen-bond acceptors (Lipinski definition) is 4. The van der Waals surface area contributed by atoms with Crippen molar-refractivity contribution in [2.24, 2.45) is 5.73 Å². The van der Waals surface area contributed by atoms with E-state index < -0.39 is 6.04 Å². The molecule has 2 aliphatic rings. The van der Waals surface area contributed by atoms with Crippen LogP contribution in [0.5, 0.6) is 0 Å². The zero-order chi connectivity index (χ0) is 14.8. The van der Waals surface area contributed by atoms with Crippen molar-refractivity contribution in [1.82, 2.24) is 10.2 Å². The minimum absolute atomic E-state index is 0.0113. The summed E-state index contributed by atoms with van der Waals surface area (Å²) in [4.78, 5) is 26.1. The second kappa shape index (κ2) is 6.10. The number of hydrogen-bond donors (Lipinski definition) is 2. The van der Waals surface area contributed by atoms with Crippen molar-refractivity contribution in [2.45, 2.75) is 57.2 Å². The van der Waals surface area contributed by atoms with Gasteiger partial charge in [0, 0.05) is 24.5 Å². The third-order valence-corrected chi connectivity index (χ3v) is 3.66. The highest BCUT2D eigenvalue weighted by atomic mass is 16.5. The number of ether oxygens (including phenoxy) is 1. The zero-order valence-corrected chi connectivity index (χ0v) is 12.4. The van der Waals surface area contributed by atoms with Gasteiger partial charge in [0.25, 0.3) is 0 Å². The second-order valence-corrected chi connectivity index (χ2v) is 6.45. The van der Waals surface area contributed by atoms with Gasteiger partial charge in [0.05, 0.1) is 13.2 Å². The number of nitrogens with zero attached hydrogens (tertiary/aromatic N) is 1. The molecular weight excluding hydrogens is 258 g/mol. The van der Waals surface area contributed by atoms with Crippen molar-refractivity contribution >= 4 is 11.8 Å². The van der Waals surface area contributed by atoms with Crippen molar-refractivity contribution in [1.29, 1.82) is 0 Å². The smallest absolute Gasteiger partial charge is 0.245 e. The van der Waals surface area contributed by atoms with Gasteiger partial charge < -0.3 is 20.7 Å². The number of rotatable bonds is 5. The van der Waals surface area contributed by atoms with Crippen LogP contribution in [0.25, 0.3) is 0 Å². The Morgan fingerprint density at radius 3 is 2.70 bits per heavy atom. The molecular formula is C14H25N3O3. The molecule has 0 bridgehead atoms. The maximum Gasteiger partial charge on any atom is 0.245 e. The molecule has 0 aromatic carbocycles. The molecule has 2 rings (SSSR count). The van der Waals surface area contributed by atoms with E-state index in [0.29, 0.717) is 32.0 Å². The lowest BCUT2D eigenvalue weighted by Crippen LogP contribution is -2.56. The van der Waals surface area contributed by atoms with Crippen molar-refractivity contribution in [2.75, 3.05) is 19.8 Å². The van der Waals surface area contributed by atoms with E-state index in [1.54, 1.807) is 4.90 Å². The summed E-state index contributed by atoms with van der Waals surface area (Å²) in [5.74, 6) is -0.102. The first-order valence-electron chi connectivity index (χ1n) is 7.33. The standard InChI is InChI=1S/C14H25N3O3/c1-14(2,15)6-5-12(18)17-7-8-20-9-11(17)13(19)16-10-3-4-10/h10-11H,3-9,15H2,1-2H3,(H,16,19). The van der Waals surface area contributed by atoms with Crippen molar-refractivity contribution in [3.63, 3.8) is 0 Å². The molecule has 3 N–H and O–H groups in total. The lowest BCUT2D eigenvalue weighted by Gasteiger charge is -2.35. The first kappa shape index (κ1) is 15.3. The van der Waals surface area contributed by atoms with Gasteiger partial charge in [0.15, 0.2) is 0 Å². The zero-order valence-electron chi connectivity index (χ0n) is 12.4. The molecule has 1 aliphatic heterocycles. The van der Waals surface area contributed by atoms with Gasteiger partial charge in [-0.3, -0.25) is 9.59 Å². The van der Waals surface area contributed by atoms with Gasteiger partial charge in [-0.2, -0.15) is 0 Å². The van der Waals surface area contributed by atoms with E-state index in [4.69, 9.17) is 10.5 Å². The fourth-order valence-electron chi connectivity index (χ4n) is 2.22. The van der Waals surface area contributed by atoms with E-state index in [-0.39, 0.29) is 24.0 Å². The molecule has 114 valence electrons. The summed E-state index contributed by atoms with van der Waals surface area (Å²) in [5, 5.41) is 2.94. The Morgan fingerprint density at radius 2 is 2.10 bits per heavy atom. The Hall–Kier alpha value is -1.14. The van der Waals surface area contributed by atoms with Crippen molar-refractivity contribution in [3.05, 3.63) is 0 Å². The van der Waals surface area contributed by atoms with Gasteiger partial charge in [0.2, 0.25) is 11.8 Å². The lowest BCUT2D eigenvalue weighted by atomic mass is 9.99. The summed E-state index contributed by atoms with van der Waals surface area (Å²) in [6.45, 7) is 5.06. The predicted octanol–water partition coefficient (Wildman–Crippen LogP) is 0.00990. The van der Waals surface area contributed by atoms with Gasteiger partial charge >= 0.3 is 0 Å². The average molecular weight is 283 g/mol. The van der Waals surface area contributed by atoms with Crippen LogP contribution in [0.1, 0.15) is 39.5 Å². The van der Waals surface area contributed by atoms with Crippen LogP contribution in [0.4, 0.5) is 0 Å². The van der Waals surface area contributed by atoms with E-state index in [0.717, 1.165) is 12.8 Å². The Morgan fingerprint density at radius 1 is 1.40 bits per heavy atom. The van der Waals surface area contributed by atoms with Gasteiger partial charge in [-0.15, -0.1) is 0 Å². The molecule has 1 aliphatic carbocycles. The summed E-state index contributed by atoms with van der Waals surface area (Å²) in [7, 11) is 0. The molecule has 1 atom stereocenters. The van der Waals surface area contributed by atoms with Gasteiger partial charge in [-0.25, -0.2) is 0 Å². The lowest BCUT2D eigenvalue weighted by molar-refractivity contribution is -0.148. The largest absolute Gasteiger partial charge is 0.377 e. The van der Waals surface area contributed by atoms with Gasteiger partial charge in [-0.05, 0) is 33.1 Å². The third kappa shape index (κ3) is 4.45. The summed E-state index contributed by atoms with van der Waals surface area (Å²) in [5.41, 5.74) is 5.54. The van der Waals surface area contributed by atoms with Gasteiger partial charge in [0.1, 0.15) is 6.04 Å². The number of morpholine rings is 1. The molecule has 1 saturated carbocycles. The molecule has 6 nitrogen and oxygen atoms in total. The second-order valence-electron chi connectivity index (χ2n) is 6.45. The molecule has 6 heteroatoms.